The molecule has 4 rings (SSSR count). The fraction of sp³-hybridized carbons (Fsp3) is 0.261. The molecule has 0 saturated heterocycles. The Bertz CT molecular complexity index is 1150. The van der Waals surface area contributed by atoms with Gasteiger partial charge in [-0.3, -0.25) is 9.59 Å². The summed E-state index contributed by atoms with van der Waals surface area (Å²) >= 11 is 0. The number of imide groups is 1. The first-order valence-electron chi connectivity index (χ1n) is 10.2. The summed E-state index contributed by atoms with van der Waals surface area (Å²) in [4.78, 5) is 43.1. The van der Waals surface area contributed by atoms with Crippen molar-refractivity contribution < 1.29 is 19.2 Å². The summed E-state index contributed by atoms with van der Waals surface area (Å²) in [6.45, 7) is 6.16. The molecule has 2 amide bonds. The highest BCUT2D eigenvalue weighted by Gasteiger charge is 2.39. The molecule has 3 aromatic rings. The summed E-state index contributed by atoms with van der Waals surface area (Å²) in [5.74, 6) is -1.92. The van der Waals surface area contributed by atoms with Gasteiger partial charge >= 0.3 is 5.97 Å². The first kappa shape index (κ1) is 20.5. The number of amides is 2. The molecule has 0 unspecified atom stereocenters. The molecular formula is C23H22N4O4. The molecule has 8 heteroatoms. The van der Waals surface area contributed by atoms with Crippen LogP contribution >= 0.6 is 0 Å². The van der Waals surface area contributed by atoms with Crippen LogP contribution in [0.15, 0.2) is 48.5 Å². The van der Waals surface area contributed by atoms with Gasteiger partial charge in [0.05, 0.1) is 22.5 Å². The Labute approximate surface area is 179 Å². The Morgan fingerprint density at radius 1 is 1.03 bits per heavy atom. The average Bonchev–Trinajstić information content (AvgIpc) is 3.29. The van der Waals surface area contributed by atoms with E-state index in [2.05, 4.69) is 24.2 Å². The summed E-state index contributed by atoms with van der Waals surface area (Å²) in [6.07, 6.45) is 1.26. The van der Waals surface area contributed by atoms with E-state index in [0.29, 0.717) is 23.1 Å². The van der Waals surface area contributed by atoms with Crippen LogP contribution in [0.4, 0.5) is 0 Å². The maximum Gasteiger partial charge on any atom is 0.386 e. The van der Waals surface area contributed by atoms with Crippen LogP contribution in [0.3, 0.4) is 0 Å². The van der Waals surface area contributed by atoms with Crippen molar-refractivity contribution in [3.8, 4) is 5.69 Å². The van der Waals surface area contributed by atoms with Crippen LogP contribution in [-0.4, -0.2) is 37.8 Å². The van der Waals surface area contributed by atoms with Crippen LogP contribution in [0.5, 0.6) is 0 Å². The predicted octanol–water partition coefficient (Wildman–Crippen LogP) is 3.71. The topological polar surface area (TPSA) is 94.4 Å². The molecule has 0 radical (unpaired) electrons. The van der Waals surface area contributed by atoms with E-state index in [1.807, 2.05) is 31.2 Å². The Morgan fingerprint density at radius 2 is 1.71 bits per heavy atom. The van der Waals surface area contributed by atoms with E-state index in [1.54, 1.807) is 16.8 Å². The molecule has 8 nitrogen and oxygen atoms in total. The summed E-state index contributed by atoms with van der Waals surface area (Å²) < 4.78 is 1.61. The van der Waals surface area contributed by atoms with Gasteiger partial charge < -0.3 is 4.84 Å². The lowest BCUT2D eigenvalue weighted by Gasteiger charge is -2.13. The number of hydrogen-bond donors (Lipinski definition) is 0. The molecule has 158 valence electrons. The number of hydrogen-bond acceptors (Lipinski definition) is 6. The maximum absolute atomic E-state index is 12.9. The molecule has 0 atom stereocenters. The summed E-state index contributed by atoms with van der Waals surface area (Å²) in [6, 6.07) is 14.2. The third-order valence-electron chi connectivity index (χ3n) is 5.16. The van der Waals surface area contributed by atoms with Crippen LogP contribution in [0.2, 0.25) is 0 Å². The molecule has 2 heterocycles. The number of hydroxylamine groups is 2. The summed E-state index contributed by atoms with van der Waals surface area (Å²) in [7, 11) is 0. The molecule has 1 aliphatic heterocycles. The highest BCUT2D eigenvalue weighted by molar-refractivity contribution is 6.21. The second-order valence-electron chi connectivity index (χ2n) is 7.63. The van der Waals surface area contributed by atoms with Gasteiger partial charge in [0.25, 0.3) is 11.8 Å². The van der Waals surface area contributed by atoms with Crippen molar-refractivity contribution in [2.75, 3.05) is 0 Å². The molecule has 0 saturated carbocycles. The monoisotopic (exact) mass is 418 g/mol. The average molecular weight is 418 g/mol. The van der Waals surface area contributed by atoms with Crippen molar-refractivity contribution in [1.82, 2.24) is 20.1 Å². The van der Waals surface area contributed by atoms with Crippen molar-refractivity contribution >= 4 is 17.8 Å². The van der Waals surface area contributed by atoms with Gasteiger partial charge in [-0.2, -0.15) is 0 Å². The van der Waals surface area contributed by atoms with E-state index in [-0.39, 0.29) is 16.8 Å². The smallest absolute Gasteiger partial charge is 0.322 e. The van der Waals surface area contributed by atoms with Crippen LogP contribution in [-0.2, 0) is 11.3 Å². The van der Waals surface area contributed by atoms with Crippen molar-refractivity contribution in [3.63, 3.8) is 0 Å². The van der Waals surface area contributed by atoms with Gasteiger partial charge in [0.15, 0.2) is 5.69 Å². The molecule has 0 aliphatic carbocycles. The normalized spacial score (nSPS) is 13.1. The first-order chi connectivity index (χ1) is 14.9. The number of nitrogens with zero attached hydrogens (tertiary/aromatic N) is 4. The van der Waals surface area contributed by atoms with Crippen LogP contribution in [0.25, 0.3) is 5.69 Å². The zero-order valence-corrected chi connectivity index (χ0v) is 17.5. The maximum atomic E-state index is 12.9. The van der Waals surface area contributed by atoms with Gasteiger partial charge in [-0.1, -0.05) is 61.7 Å². The number of aromatic nitrogens is 3. The second kappa shape index (κ2) is 8.14. The van der Waals surface area contributed by atoms with Gasteiger partial charge in [0.1, 0.15) is 0 Å². The highest BCUT2D eigenvalue weighted by Crippen LogP contribution is 2.25. The fourth-order valence-corrected chi connectivity index (χ4v) is 3.52. The zero-order chi connectivity index (χ0) is 22.1. The minimum absolute atomic E-state index is 0.0200. The summed E-state index contributed by atoms with van der Waals surface area (Å²) in [5, 5.41) is 8.66. The third-order valence-corrected chi connectivity index (χ3v) is 5.16. The van der Waals surface area contributed by atoms with Crippen LogP contribution in [0, 0.1) is 0 Å². The van der Waals surface area contributed by atoms with Gasteiger partial charge in [-0.15, -0.1) is 5.10 Å². The third kappa shape index (κ3) is 3.61. The Balaban J connectivity index is 1.65. The Hall–Kier alpha value is -3.81. The minimum atomic E-state index is -0.899. The molecule has 1 aromatic heterocycles. The number of rotatable bonds is 6. The van der Waals surface area contributed by atoms with Crippen LogP contribution in [0.1, 0.15) is 75.6 Å². The van der Waals surface area contributed by atoms with Crippen molar-refractivity contribution in [1.29, 1.82) is 0 Å². The zero-order valence-electron chi connectivity index (χ0n) is 17.5. The lowest BCUT2D eigenvalue weighted by atomic mass is 10.0. The molecule has 0 spiro atoms. The van der Waals surface area contributed by atoms with Gasteiger partial charge in [-0.05, 0) is 42.2 Å². The van der Waals surface area contributed by atoms with E-state index in [9.17, 15) is 14.4 Å². The molecule has 0 fully saturated rings. The molecule has 31 heavy (non-hydrogen) atoms. The van der Waals surface area contributed by atoms with E-state index in [1.165, 1.54) is 12.1 Å². The number of carbonyl (C=O) groups excluding carboxylic acids is 3. The van der Waals surface area contributed by atoms with Gasteiger partial charge in [-0.25, -0.2) is 9.48 Å². The fourth-order valence-electron chi connectivity index (χ4n) is 3.52. The standard InChI is InChI=1S/C23H22N4O4/c1-4-8-19-20(24-25-26(19)16-10-7-9-15(13-16)14(2)3)23(30)31-27-21(28)17-11-5-6-12-18(17)22(27)29/h5-7,9-14H,4,8H2,1-3H3. The molecule has 1 aliphatic rings. The Morgan fingerprint density at radius 3 is 2.32 bits per heavy atom. The van der Waals surface area contributed by atoms with Crippen molar-refractivity contribution in [2.45, 2.75) is 39.5 Å². The number of carbonyl (C=O) groups is 3. The van der Waals surface area contributed by atoms with Gasteiger partial charge in [0, 0.05) is 0 Å². The lowest BCUT2D eigenvalue weighted by molar-refractivity contribution is -0.0589. The molecule has 0 bridgehead atoms. The quantitative estimate of drug-likeness (QED) is 0.567. The van der Waals surface area contributed by atoms with Crippen molar-refractivity contribution in [3.05, 3.63) is 76.6 Å². The molecule has 0 N–H and O–H groups in total. The largest absolute Gasteiger partial charge is 0.386 e. The van der Waals surface area contributed by atoms with E-state index in [0.717, 1.165) is 17.7 Å². The van der Waals surface area contributed by atoms with E-state index >= 15 is 0 Å². The molecular weight excluding hydrogens is 396 g/mol. The first-order valence-corrected chi connectivity index (χ1v) is 10.2. The minimum Gasteiger partial charge on any atom is -0.322 e. The summed E-state index contributed by atoms with van der Waals surface area (Å²) in [5.41, 5.74) is 2.84. The number of benzene rings is 2. The lowest BCUT2D eigenvalue weighted by Crippen LogP contribution is -2.33. The van der Waals surface area contributed by atoms with E-state index < -0.39 is 17.8 Å². The highest BCUT2D eigenvalue weighted by atomic mass is 16.7. The second-order valence-corrected chi connectivity index (χ2v) is 7.63. The Kier molecular flexibility index (Phi) is 5.37. The van der Waals surface area contributed by atoms with E-state index in [4.69, 9.17) is 4.84 Å². The van der Waals surface area contributed by atoms with Crippen molar-refractivity contribution in [2.24, 2.45) is 0 Å². The number of fused-ring (bicyclic) bond motifs is 1. The SMILES string of the molecule is CCCc1c(C(=O)ON2C(=O)c3ccccc3C2=O)nnn1-c1cccc(C(C)C)c1. The van der Waals surface area contributed by atoms with Crippen LogP contribution < -0.4 is 0 Å². The predicted molar refractivity (Wildman–Crippen MR) is 112 cm³/mol. The molecule has 2 aromatic carbocycles. The van der Waals surface area contributed by atoms with Gasteiger partial charge in [0.2, 0.25) is 0 Å².